The van der Waals surface area contributed by atoms with Gasteiger partial charge in [-0.05, 0) is 19.3 Å². The second-order valence-electron chi connectivity index (χ2n) is 4.50. The SMILES string of the molecule is CCC(O)COCC1(N)CCCCC1. The van der Waals surface area contributed by atoms with Crippen molar-refractivity contribution in [2.75, 3.05) is 13.2 Å². The average molecular weight is 201 g/mol. The van der Waals surface area contributed by atoms with Gasteiger partial charge in [0, 0.05) is 5.54 Å². The number of ether oxygens (including phenoxy) is 1. The maximum Gasteiger partial charge on any atom is 0.0771 e. The molecule has 14 heavy (non-hydrogen) atoms. The Morgan fingerprint density at radius 2 is 2.00 bits per heavy atom. The number of nitrogens with two attached hydrogens (primary N) is 1. The van der Waals surface area contributed by atoms with Gasteiger partial charge in [0.1, 0.15) is 0 Å². The van der Waals surface area contributed by atoms with Crippen molar-refractivity contribution in [3.05, 3.63) is 0 Å². The summed E-state index contributed by atoms with van der Waals surface area (Å²) in [5, 5.41) is 9.31. The van der Waals surface area contributed by atoms with Gasteiger partial charge in [-0.2, -0.15) is 0 Å². The molecule has 0 aromatic rings. The Morgan fingerprint density at radius 3 is 2.57 bits per heavy atom. The van der Waals surface area contributed by atoms with E-state index in [1.54, 1.807) is 0 Å². The zero-order chi connectivity index (χ0) is 10.4. The van der Waals surface area contributed by atoms with Crippen LogP contribution in [0.5, 0.6) is 0 Å². The summed E-state index contributed by atoms with van der Waals surface area (Å²) in [5.74, 6) is 0. The molecule has 0 bridgehead atoms. The highest BCUT2D eigenvalue weighted by Crippen LogP contribution is 2.25. The highest BCUT2D eigenvalue weighted by atomic mass is 16.5. The van der Waals surface area contributed by atoms with Crippen LogP contribution in [0.1, 0.15) is 45.4 Å². The minimum atomic E-state index is -0.331. The highest BCUT2D eigenvalue weighted by molar-refractivity contribution is 4.86. The van der Waals surface area contributed by atoms with Crippen molar-refractivity contribution in [1.29, 1.82) is 0 Å². The molecule has 1 aliphatic rings. The van der Waals surface area contributed by atoms with Gasteiger partial charge in [-0.1, -0.05) is 26.2 Å². The molecule has 1 unspecified atom stereocenters. The summed E-state index contributed by atoms with van der Waals surface area (Å²) in [7, 11) is 0. The lowest BCUT2D eigenvalue weighted by atomic mass is 9.83. The Kier molecular flexibility index (Phi) is 4.85. The van der Waals surface area contributed by atoms with Crippen molar-refractivity contribution in [2.45, 2.75) is 57.1 Å². The molecule has 0 saturated heterocycles. The summed E-state index contributed by atoms with van der Waals surface area (Å²) in [6.45, 7) is 2.98. The van der Waals surface area contributed by atoms with Gasteiger partial charge in [0.25, 0.3) is 0 Å². The average Bonchev–Trinajstić information content (AvgIpc) is 2.18. The molecule has 84 valence electrons. The number of aliphatic hydroxyl groups excluding tert-OH is 1. The predicted octanol–water partition coefficient (Wildman–Crippen LogP) is 1.44. The van der Waals surface area contributed by atoms with Crippen LogP contribution in [0.25, 0.3) is 0 Å². The van der Waals surface area contributed by atoms with Crippen molar-refractivity contribution >= 4 is 0 Å². The van der Waals surface area contributed by atoms with Crippen LogP contribution in [-0.4, -0.2) is 30.0 Å². The molecule has 3 N–H and O–H groups in total. The quantitative estimate of drug-likeness (QED) is 0.707. The standard InChI is InChI=1S/C11H23NO2/c1-2-10(13)8-14-9-11(12)6-4-3-5-7-11/h10,13H,2-9,12H2,1H3. The summed E-state index contributed by atoms with van der Waals surface area (Å²) in [6.07, 6.45) is 6.28. The number of hydrogen-bond donors (Lipinski definition) is 2. The summed E-state index contributed by atoms with van der Waals surface area (Å²) in [5.41, 5.74) is 6.06. The number of aliphatic hydroxyl groups is 1. The zero-order valence-corrected chi connectivity index (χ0v) is 9.17. The van der Waals surface area contributed by atoms with Crippen LogP contribution < -0.4 is 5.73 Å². The van der Waals surface area contributed by atoms with Gasteiger partial charge in [0.15, 0.2) is 0 Å². The number of hydrogen-bond acceptors (Lipinski definition) is 3. The first-order chi connectivity index (χ1) is 6.66. The summed E-state index contributed by atoms with van der Waals surface area (Å²) >= 11 is 0. The third-order valence-corrected chi connectivity index (χ3v) is 3.02. The van der Waals surface area contributed by atoms with E-state index in [2.05, 4.69) is 0 Å². The molecule has 1 aliphatic carbocycles. The Bertz CT molecular complexity index is 155. The van der Waals surface area contributed by atoms with E-state index in [-0.39, 0.29) is 11.6 Å². The van der Waals surface area contributed by atoms with E-state index < -0.39 is 0 Å². The fourth-order valence-electron chi connectivity index (χ4n) is 1.92. The Hall–Kier alpha value is -0.120. The van der Waals surface area contributed by atoms with Crippen molar-refractivity contribution in [2.24, 2.45) is 5.73 Å². The number of rotatable bonds is 5. The van der Waals surface area contributed by atoms with Gasteiger partial charge in [0.05, 0.1) is 19.3 Å². The highest BCUT2D eigenvalue weighted by Gasteiger charge is 2.27. The van der Waals surface area contributed by atoms with Crippen LogP contribution >= 0.6 is 0 Å². The van der Waals surface area contributed by atoms with Gasteiger partial charge in [-0.3, -0.25) is 0 Å². The molecule has 0 aromatic carbocycles. The normalized spacial score (nSPS) is 23.4. The molecular weight excluding hydrogens is 178 g/mol. The first kappa shape index (κ1) is 12.0. The molecule has 0 aromatic heterocycles. The molecule has 0 amide bonds. The van der Waals surface area contributed by atoms with Gasteiger partial charge < -0.3 is 15.6 Å². The minimum absolute atomic E-state index is 0.119. The van der Waals surface area contributed by atoms with Crippen LogP contribution in [0.4, 0.5) is 0 Å². The molecule has 0 aliphatic heterocycles. The van der Waals surface area contributed by atoms with Crippen molar-refractivity contribution < 1.29 is 9.84 Å². The van der Waals surface area contributed by atoms with E-state index in [1.165, 1.54) is 19.3 Å². The van der Waals surface area contributed by atoms with Gasteiger partial charge in [-0.15, -0.1) is 0 Å². The molecule has 0 radical (unpaired) electrons. The van der Waals surface area contributed by atoms with Gasteiger partial charge in [-0.25, -0.2) is 0 Å². The Morgan fingerprint density at radius 1 is 1.36 bits per heavy atom. The van der Waals surface area contributed by atoms with Crippen molar-refractivity contribution in [1.82, 2.24) is 0 Å². The topological polar surface area (TPSA) is 55.5 Å². The maximum atomic E-state index is 9.31. The van der Waals surface area contributed by atoms with E-state index in [0.29, 0.717) is 13.2 Å². The zero-order valence-electron chi connectivity index (χ0n) is 9.17. The minimum Gasteiger partial charge on any atom is -0.391 e. The molecule has 3 nitrogen and oxygen atoms in total. The summed E-state index contributed by atoms with van der Waals surface area (Å²) in [4.78, 5) is 0. The summed E-state index contributed by atoms with van der Waals surface area (Å²) < 4.78 is 5.45. The van der Waals surface area contributed by atoms with Crippen molar-refractivity contribution in [3.63, 3.8) is 0 Å². The van der Waals surface area contributed by atoms with Crippen LogP contribution in [0.3, 0.4) is 0 Å². The third kappa shape index (κ3) is 3.95. The molecule has 1 rings (SSSR count). The monoisotopic (exact) mass is 201 g/mol. The molecule has 0 spiro atoms. The van der Waals surface area contributed by atoms with Gasteiger partial charge >= 0.3 is 0 Å². The lowest BCUT2D eigenvalue weighted by Gasteiger charge is -2.33. The second-order valence-corrected chi connectivity index (χ2v) is 4.50. The van der Waals surface area contributed by atoms with Crippen LogP contribution in [0.2, 0.25) is 0 Å². The maximum absolute atomic E-state index is 9.31. The Balaban J connectivity index is 2.15. The fraction of sp³-hybridized carbons (Fsp3) is 1.00. The first-order valence-electron chi connectivity index (χ1n) is 5.71. The predicted molar refractivity (Wildman–Crippen MR) is 57.1 cm³/mol. The third-order valence-electron chi connectivity index (χ3n) is 3.02. The summed E-state index contributed by atoms with van der Waals surface area (Å²) in [6, 6.07) is 0. The van der Waals surface area contributed by atoms with E-state index in [1.807, 2.05) is 6.92 Å². The largest absolute Gasteiger partial charge is 0.391 e. The van der Waals surface area contributed by atoms with Crippen molar-refractivity contribution in [3.8, 4) is 0 Å². The second kappa shape index (κ2) is 5.69. The van der Waals surface area contributed by atoms with Crippen LogP contribution in [-0.2, 0) is 4.74 Å². The molecule has 3 heteroatoms. The molecule has 1 fully saturated rings. The van der Waals surface area contributed by atoms with Gasteiger partial charge in [0.2, 0.25) is 0 Å². The van der Waals surface area contributed by atoms with E-state index >= 15 is 0 Å². The molecular formula is C11H23NO2. The van der Waals surface area contributed by atoms with Crippen LogP contribution in [0.15, 0.2) is 0 Å². The first-order valence-corrected chi connectivity index (χ1v) is 5.71. The molecule has 1 saturated carbocycles. The smallest absolute Gasteiger partial charge is 0.0771 e. The fourth-order valence-corrected chi connectivity index (χ4v) is 1.92. The van der Waals surface area contributed by atoms with E-state index in [0.717, 1.165) is 19.3 Å². The lowest BCUT2D eigenvalue weighted by molar-refractivity contribution is 0.00615. The molecule has 1 atom stereocenters. The lowest BCUT2D eigenvalue weighted by Crippen LogP contribution is -2.46. The molecule has 0 heterocycles. The van der Waals surface area contributed by atoms with E-state index in [4.69, 9.17) is 10.5 Å². The van der Waals surface area contributed by atoms with E-state index in [9.17, 15) is 5.11 Å². The Labute approximate surface area is 86.6 Å². The van der Waals surface area contributed by atoms with Crippen LogP contribution in [0, 0.1) is 0 Å².